The van der Waals surface area contributed by atoms with E-state index in [1.54, 1.807) is 0 Å². The third-order valence-electron chi connectivity index (χ3n) is 1.34. The molecule has 0 aliphatic carbocycles. The van der Waals surface area contributed by atoms with Gasteiger partial charge in [-0.3, -0.25) is 9.59 Å². The fraction of sp³-hybridized carbons (Fsp3) is 0.667. The third-order valence-corrected chi connectivity index (χ3v) is 1.74. The van der Waals surface area contributed by atoms with E-state index >= 15 is 0 Å². The summed E-state index contributed by atoms with van der Waals surface area (Å²) in [5.41, 5.74) is 0. The van der Waals surface area contributed by atoms with E-state index in [4.69, 9.17) is 11.6 Å². The Morgan fingerprint density at radius 2 is 2.45 bits per heavy atom. The van der Waals surface area contributed by atoms with E-state index in [0.717, 1.165) is 5.06 Å². The van der Waals surface area contributed by atoms with Crippen LogP contribution in [0.3, 0.4) is 0 Å². The lowest BCUT2D eigenvalue weighted by Crippen LogP contribution is -2.29. The molecular weight excluding hydrogens is 170 g/mol. The lowest BCUT2D eigenvalue weighted by molar-refractivity contribution is -0.190. The summed E-state index contributed by atoms with van der Waals surface area (Å²) in [7, 11) is 0. The van der Waals surface area contributed by atoms with Gasteiger partial charge in [0.1, 0.15) is 5.38 Å². The topological polar surface area (TPSA) is 46.6 Å². The monoisotopic (exact) mass is 177 g/mol. The lowest BCUT2D eigenvalue weighted by Gasteiger charge is -2.12. The van der Waals surface area contributed by atoms with Gasteiger partial charge in [0.25, 0.3) is 5.91 Å². The average Bonchev–Trinajstić information content (AvgIpc) is 2.18. The molecule has 1 saturated heterocycles. The number of rotatable bonds is 1. The third kappa shape index (κ3) is 1.83. The van der Waals surface area contributed by atoms with Crippen molar-refractivity contribution in [2.45, 2.75) is 18.7 Å². The number of hydrogen-bond acceptors (Lipinski definition) is 3. The van der Waals surface area contributed by atoms with Crippen LogP contribution in [0.5, 0.6) is 0 Å². The van der Waals surface area contributed by atoms with Crippen molar-refractivity contribution in [2.24, 2.45) is 0 Å². The van der Waals surface area contributed by atoms with E-state index in [-0.39, 0.29) is 5.91 Å². The van der Waals surface area contributed by atoms with Crippen LogP contribution < -0.4 is 0 Å². The second-order valence-corrected chi connectivity index (χ2v) is 2.81. The Kier molecular flexibility index (Phi) is 2.34. The van der Waals surface area contributed by atoms with Crippen molar-refractivity contribution in [3.05, 3.63) is 0 Å². The summed E-state index contributed by atoms with van der Waals surface area (Å²) < 4.78 is 0. The summed E-state index contributed by atoms with van der Waals surface area (Å²) in [4.78, 5) is 25.9. The minimum Gasteiger partial charge on any atom is -0.338 e. The van der Waals surface area contributed by atoms with E-state index in [9.17, 15) is 9.59 Å². The molecule has 1 aliphatic heterocycles. The minimum absolute atomic E-state index is 0.332. The molecule has 0 aromatic carbocycles. The Morgan fingerprint density at radius 3 is 2.82 bits per heavy atom. The van der Waals surface area contributed by atoms with Crippen LogP contribution in [0.25, 0.3) is 0 Å². The molecule has 0 saturated carbocycles. The van der Waals surface area contributed by atoms with Gasteiger partial charge >= 0.3 is 5.97 Å². The van der Waals surface area contributed by atoms with Gasteiger partial charge in [-0.25, -0.2) is 0 Å². The van der Waals surface area contributed by atoms with Crippen molar-refractivity contribution in [1.29, 1.82) is 0 Å². The highest BCUT2D eigenvalue weighted by Crippen LogP contribution is 2.16. The van der Waals surface area contributed by atoms with Crippen LogP contribution in [0.1, 0.15) is 13.3 Å². The normalized spacial score (nSPS) is 24.0. The van der Waals surface area contributed by atoms with Gasteiger partial charge in [-0.05, 0) is 6.42 Å². The number of carbonyl (C=O) groups excluding carboxylic acids is 2. The molecular formula is C6H8ClNO3. The van der Waals surface area contributed by atoms with E-state index in [1.165, 1.54) is 6.92 Å². The zero-order chi connectivity index (χ0) is 8.43. The number of hydrogen-bond donors (Lipinski definition) is 0. The van der Waals surface area contributed by atoms with Gasteiger partial charge in [0, 0.05) is 6.92 Å². The molecule has 11 heavy (non-hydrogen) atoms. The fourth-order valence-electron chi connectivity index (χ4n) is 0.866. The van der Waals surface area contributed by atoms with Crippen LogP contribution >= 0.6 is 11.6 Å². The molecule has 1 unspecified atom stereocenters. The minimum atomic E-state index is -0.533. The molecule has 62 valence electrons. The predicted octanol–water partition coefficient (Wildman–Crippen LogP) is 0.304. The molecule has 1 rings (SSSR count). The van der Waals surface area contributed by atoms with Crippen molar-refractivity contribution in [3.63, 3.8) is 0 Å². The van der Waals surface area contributed by atoms with Crippen LogP contribution in [0.15, 0.2) is 0 Å². The first-order chi connectivity index (χ1) is 5.11. The van der Waals surface area contributed by atoms with E-state index < -0.39 is 11.3 Å². The van der Waals surface area contributed by atoms with Crippen molar-refractivity contribution in [3.8, 4) is 0 Å². The Labute approximate surface area is 69.0 Å². The second-order valence-electron chi connectivity index (χ2n) is 2.28. The number of carbonyl (C=O) groups is 2. The predicted molar refractivity (Wildman–Crippen MR) is 37.7 cm³/mol. The quantitative estimate of drug-likeness (QED) is 0.542. The smallest absolute Gasteiger partial charge is 0.329 e. The van der Waals surface area contributed by atoms with Crippen LogP contribution in [0.2, 0.25) is 0 Å². The highest BCUT2D eigenvalue weighted by atomic mass is 35.5. The maximum atomic E-state index is 11.0. The largest absolute Gasteiger partial charge is 0.338 e. The summed E-state index contributed by atoms with van der Waals surface area (Å²) in [6.07, 6.45) is 0.535. The molecule has 1 heterocycles. The molecule has 1 amide bonds. The molecule has 4 nitrogen and oxygen atoms in total. The number of alkyl halides is 1. The molecule has 1 atom stereocenters. The van der Waals surface area contributed by atoms with Gasteiger partial charge in [0.2, 0.25) is 0 Å². The van der Waals surface area contributed by atoms with Crippen LogP contribution in [-0.4, -0.2) is 28.9 Å². The molecule has 0 aromatic heterocycles. The Bertz CT molecular complexity index is 194. The Hall–Kier alpha value is -0.770. The first-order valence-electron chi connectivity index (χ1n) is 3.25. The standard InChI is InChI=1S/C6H8ClNO3/c1-4(9)11-8-3-2-5(7)6(8)10/h5H,2-3H2,1H3. The Balaban J connectivity index is 2.49. The molecule has 0 N–H and O–H groups in total. The summed E-state index contributed by atoms with van der Waals surface area (Å²) in [5, 5.41) is 0.467. The van der Waals surface area contributed by atoms with Crippen LogP contribution in [0, 0.1) is 0 Å². The number of amides is 1. The first kappa shape index (κ1) is 8.33. The zero-order valence-corrected chi connectivity index (χ0v) is 6.80. The summed E-state index contributed by atoms with van der Waals surface area (Å²) in [6.45, 7) is 1.64. The van der Waals surface area contributed by atoms with E-state index in [1.807, 2.05) is 0 Å². The fourth-order valence-corrected chi connectivity index (χ4v) is 1.07. The van der Waals surface area contributed by atoms with Crippen molar-refractivity contribution < 1.29 is 14.4 Å². The molecule has 0 aromatic rings. The molecule has 1 aliphatic rings. The van der Waals surface area contributed by atoms with Gasteiger partial charge in [-0.15, -0.1) is 11.6 Å². The van der Waals surface area contributed by atoms with Gasteiger partial charge in [-0.1, -0.05) is 0 Å². The summed E-state index contributed by atoms with van der Waals surface area (Å²) in [6, 6.07) is 0. The first-order valence-corrected chi connectivity index (χ1v) is 3.69. The summed E-state index contributed by atoms with van der Waals surface area (Å²) in [5.74, 6) is -0.828. The highest BCUT2D eigenvalue weighted by Gasteiger charge is 2.32. The maximum Gasteiger partial charge on any atom is 0.329 e. The number of nitrogens with zero attached hydrogens (tertiary/aromatic N) is 1. The van der Waals surface area contributed by atoms with Gasteiger partial charge < -0.3 is 4.84 Å². The van der Waals surface area contributed by atoms with Crippen molar-refractivity contribution in [1.82, 2.24) is 5.06 Å². The highest BCUT2D eigenvalue weighted by molar-refractivity contribution is 6.31. The van der Waals surface area contributed by atoms with Gasteiger partial charge in [0.15, 0.2) is 0 Å². The Morgan fingerprint density at radius 1 is 1.82 bits per heavy atom. The molecule has 1 fully saturated rings. The molecule has 0 bridgehead atoms. The van der Waals surface area contributed by atoms with Crippen LogP contribution in [0.4, 0.5) is 0 Å². The average molecular weight is 178 g/mol. The van der Waals surface area contributed by atoms with Gasteiger partial charge in [-0.2, -0.15) is 5.06 Å². The van der Waals surface area contributed by atoms with Gasteiger partial charge in [0.05, 0.1) is 6.54 Å². The van der Waals surface area contributed by atoms with Crippen molar-refractivity contribution >= 4 is 23.5 Å². The number of hydroxylamine groups is 2. The SMILES string of the molecule is CC(=O)ON1CCC(Cl)C1=O. The molecule has 5 heteroatoms. The lowest BCUT2D eigenvalue weighted by atomic mass is 10.4. The zero-order valence-electron chi connectivity index (χ0n) is 6.04. The summed E-state index contributed by atoms with van der Waals surface area (Å²) >= 11 is 5.56. The van der Waals surface area contributed by atoms with E-state index in [2.05, 4.69) is 4.84 Å². The van der Waals surface area contributed by atoms with Crippen molar-refractivity contribution in [2.75, 3.05) is 6.54 Å². The maximum absolute atomic E-state index is 11.0. The van der Waals surface area contributed by atoms with Crippen LogP contribution in [-0.2, 0) is 14.4 Å². The van der Waals surface area contributed by atoms with E-state index in [0.29, 0.717) is 13.0 Å². The molecule has 0 radical (unpaired) electrons. The number of halogens is 1. The second kappa shape index (κ2) is 3.09. The molecule has 0 spiro atoms.